The quantitative estimate of drug-likeness (QED) is 0.506. The van der Waals surface area contributed by atoms with Crippen LogP contribution in [-0.4, -0.2) is 51.8 Å². The summed E-state index contributed by atoms with van der Waals surface area (Å²) in [6.07, 6.45) is 1.14. The number of hydrogen-bond donors (Lipinski definition) is 0. The Morgan fingerprint density at radius 3 is 2.59 bits per heavy atom. The Labute approximate surface area is 180 Å². The van der Waals surface area contributed by atoms with E-state index < -0.39 is 15.9 Å². The second-order valence-corrected chi connectivity index (χ2v) is 9.77. The lowest BCUT2D eigenvalue weighted by molar-refractivity contribution is -0.136. The molecule has 0 aliphatic carbocycles. The number of carbonyl (C=O) groups excluding carboxylic acids is 1. The largest absolute Gasteiger partial charge is 0.493 e. The highest BCUT2D eigenvalue weighted by molar-refractivity contribution is 9.10. The molecule has 0 aromatic heterocycles. The molecule has 2 rings (SSSR count). The molecule has 29 heavy (non-hydrogen) atoms. The van der Waals surface area contributed by atoms with Gasteiger partial charge >= 0.3 is 0 Å². The summed E-state index contributed by atoms with van der Waals surface area (Å²) in [5.74, 6) is 0.985. The van der Waals surface area contributed by atoms with E-state index >= 15 is 0 Å². The van der Waals surface area contributed by atoms with Crippen molar-refractivity contribution in [1.29, 1.82) is 0 Å². The van der Waals surface area contributed by atoms with Gasteiger partial charge in [-0.05, 0) is 72.1 Å². The SMILES string of the molecule is Cc1ccc(OC(C)C(=O)N(C)CCCOc2cccc(S(C)(=O)=O)c2)c(Br)c1. The van der Waals surface area contributed by atoms with Crippen LogP contribution in [0.5, 0.6) is 11.5 Å². The first-order chi connectivity index (χ1) is 13.6. The molecule has 0 heterocycles. The molecule has 0 radical (unpaired) electrons. The second-order valence-electron chi connectivity index (χ2n) is 6.90. The number of sulfone groups is 1. The van der Waals surface area contributed by atoms with Gasteiger partial charge in [-0.3, -0.25) is 4.79 Å². The molecule has 2 aromatic rings. The van der Waals surface area contributed by atoms with Crippen molar-refractivity contribution < 1.29 is 22.7 Å². The minimum atomic E-state index is -3.27. The molecule has 0 aliphatic rings. The lowest BCUT2D eigenvalue weighted by Crippen LogP contribution is -2.38. The molecule has 0 N–H and O–H groups in total. The number of benzene rings is 2. The Bertz CT molecular complexity index is 961. The van der Waals surface area contributed by atoms with Crippen molar-refractivity contribution in [3.63, 3.8) is 0 Å². The summed E-state index contributed by atoms with van der Waals surface area (Å²) in [6, 6.07) is 12.1. The predicted molar refractivity (Wildman–Crippen MR) is 116 cm³/mol. The standard InChI is InChI=1S/C21H26BrNO5S/c1-15-9-10-20(19(22)13-15)28-16(2)21(24)23(3)11-6-12-27-17-7-5-8-18(14-17)29(4,25)26/h5,7-10,13-14,16H,6,11-12H2,1-4H3. The Balaban J connectivity index is 1.81. The average Bonchev–Trinajstić information content (AvgIpc) is 2.66. The topological polar surface area (TPSA) is 72.9 Å². The first kappa shape index (κ1) is 23.2. The first-order valence-corrected chi connectivity index (χ1v) is 11.9. The van der Waals surface area contributed by atoms with E-state index in [0.717, 1.165) is 16.3 Å². The molecule has 1 unspecified atom stereocenters. The molecule has 0 saturated carbocycles. The fraction of sp³-hybridized carbons (Fsp3) is 0.381. The van der Waals surface area contributed by atoms with Gasteiger partial charge in [0.05, 0.1) is 16.0 Å². The zero-order valence-electron chi connectivity index (χ0n) is 17.0. The van der Waals surface area contributed by atoms with Crippen LogP contribution in [0, 0.1) is 6.92 Å². The maximum atomic E-state index is 12.5. The number of amides is 1. The molecular weight excluding hydrogens is 458 g/mol. The van der Waals surface area contributed by atoms with Crippen molar-refractivity contribution in [3.8, 4) is 11.5 Å². The Morgan fingerprint density at radius 1 is 1.21 bits per heavy atom. The van der Waals surface area contributed by atoms with E-state index in [1.807, 2.05) is 25.1 Å². The Kier molecular flexibility index (Phi) is 8.10. The number of aryl methyl sites for hydroxylation is 1. The number of nitrogens with zero attached hydrogens (tertiary/aromatic N) is 1. The Morgan fingerprint density at radius 2 is 1.93 bits per heavy atom. The summed E-state index contributed by atoms with van der Waals surface area (Å²) in [7, 11) is -1.55. The summed E-state index contributed by atoms with van der Waals surface area (Å²) in [5.41, 5.74) is 1.10. The van der Waals surface area contributed by atoms with Crippen LogP contribution in [0.4, 0.5) is 0 Å². The lowest BCUT2D eigenvalue weighted by atomic mass is 10.2. The summed E-state index contributed by atoms with van der Waals surface area (Å²) in [5, 5.41) is 0. The second kappa shape index (κ2) is 10.1. The number of halogens is 1. The molecule has 0 bridgehead atoms. The summed E-state index contributed by atoms with van der Waals surface area (Å²) in [6.45, 7) is 4.56. The fourth-order valence-corrected chi connectivity index (χ4v) is 3.89. The molecule has 6 nitrogen and oxygen atoms in total. The van der Waals surface area contributed by atoms with Crippen molar-refractivity contribution in [2.45, 2.75) is 31.3 Å². The molecule has 0 spiro atoms. The number of rotatable bonds is 9. The molecule has 0 fully saturated rings. The average molecular weight is 484 g/mol. The zero-order valence-corrected chi connectivity index (χ0v) is 19.4. The monoisotopic (exact) mass is 483 g/mol. The van der Waals surface area contributed by atoms with E-state index in [-0.39, 0.29) is 10.8 Å². The van der Waals surface area contributed by atoms with Gasteiger partial charge in [-0.25, -0.2) is 8.42 Å². The van der Waals surface area contributed by atoms with Crippen molar-refractivity contribution in [2.75, 3.05) is 26.5 Å². The van der Waals surface area contributed by atoms with Crippen LogP contribution in [0.2, 0.25) is 0 Å². The molecule has 8 heteroatoms. The van der Waals surface area contributed by atoms with Gasteiger partial charge in [0.1, 0.15) is 11.5 Å². The van der Waals surface area contributed by atoms with Crippen molar-refractivity contribution in [3.05, 3.63) is 52.5 Å². The van der Waals surface area contributed by atoms with Crippen LogP contribution in [0.15, 0.2) is 51.8 Å². The highest BCUT2D eigenvalue weighted by Crippen LogP contribution is 2.27. The van der Waals surface area contributed by atoms with Crippen LogP contribution < -0.4 is 9.47 Å². The van der Waals surface area contributed by atoms with Gasteiger partial charge in [0.2, 0.25) is 0 Å². The number of hydrogen-bond acceptors (Lipinski definition) is 5. The lowest BCUT2D eigenvalue weighted by Gasteiger charge is -2.22. The summed E-state index contributed by atoms with van der Waals surface area (Å²) in [4.78, 5) is 14.3. The van der Waals surface area contributed by atoms with Crippen molar-refractivity contribution in [2.24, 2.45) is 0 Å². The van der Waals surface area contributed by atoms with Gasteiger partial charge in [0.25, 0.3) is 5.91 Å². The predicted octanol–water partition coefficient (Wildman–Crippen LogP) is 3.86. The number of likely N-dealkylation sites (N-methyl/N-ethyl adjacent to an activating group) is 1. The van der Waals surface area contributed by atoms with Gasteiger partial charge in [0.15, 0.2) is 15.9 Å². The fourth-order valence-electron chi connectivity index (χ4n) is 2.65. The third kappa shape index (κ3) is 7.04. The van der Waals surface area contributed by atoms with Gasteiger partial charge in [0, 0.05) is 19.8 Å². The maximum absolute atomic E-state index is 12.5. The molecule has 2 aromatic carbocycles. The Hall–Kier alpha value is -2.06. The summed E-state index contributed by atoms with van der Waals surface area (Å²) < 4.78 is 35.4. The van der Waals surface area contributed by atoms with Crippen LogP contribution in [-0.2, 0) is 14.6 Å². The van der Waals surface area contributed by atoms with Crippen LogP contribution in [0.25, 0.3) is 0 Å². The third-order valence-electron chi connectivity index (χ3n) is 4.26. The molecular formula is C21H26BrNO5S. The minimum Gasteiger partial charge on any atom is -0.493 e. The van der Waals surface area contributed by atoms with E-state index in [2.05, 4.69) is 15.9 Å². The third-order valence-corrected chi connectivity index (χ3v) is 5.99. The van der Waals surface area contributed by atoms with Gasteiger partial charge in [-0.1, -0.05) is 12.1 Å². The van der Waals surface area contributed by atoms with E-state index in [1.54, 1.807) is 31.0 Å². The first-order valence-electron chi connectivity index (χ1n) is 9.18. The van der Waals surface area contributed by atoms with E-state index in [4.69, 9.17) is 9.47 Å². The molecule has 1 atom stereocenters. The summed E-state index contributed by atoms with van der Waals surface area (Å²) >= 11 is 3.45. The van der Waals surface area contributed by atoms with Crippen LogP contribution in [0.3, 0.4) is 0 Å². The van der Waals surface area contributed by atoms with E-state index in [1.165, 1.54) is 12.1 Å². The van der Waals surface area contributed by atoms with E-state index in [0.29, 0.717) is 31.1 Å². The number of carbonyl (C=O) groups is 1. The smallest absolute Gasteiger partial charge is 0.263 e. The number of ether oxygens (including phenoxy) is 2. The maximum Gasteiger partial charge on any atom is 0.263 e. The van der Waals surface area contributed by atoms with Crippen molar-refractivity contribution >= 4 is 31.7 Å². The molecule has 158 valence electrons. The van der Waals surface area contributed by atoms with Crippen LogP contribution in [0.1, 0.15) is 18.9 Å². The van der Waals surface area contributed by atoms with E-state index in [9.17, 15) is 13.2 Å². The normalized spacial score (nSPS) is 12.3. The highest BCUT2D eigenvalue weighted by Gasteiger charge is 2.20. The minimum absolute atomic E-state index is 0.128. The van der Waals surface area contributed by atoms with Crippen molar-refractivity contribution in [1.82, 2.24) is 4.90 Å². The highest BCUT2D eigenvalue weighted by atomic mass is 79.9. The van der Waals surface area contributed by atoms with Gasteiger partial charge < -0.3 is 14.4 Å². The molecule has 0 saturated heterocycles. The van der Waals surface area contributed by atoms with Crippen LogP contribution >= 0.6 is 15.9 Å². The zero-order chi connectivity index (χ0) is 21.6. The van der Waals surface area contributed by atoms with Gasteiger partial charge in [-0.2, -0.15) is 0 Å². The van der Waals surface area contributed by atoms with Gasteiger partial charge in [-0.15, -0.1) is 0 Å². The molecule has 1 amide bonds. The molecule has 0 aliphatic heterocycles.